The first-order valence-corrected chi connectivity index (χ1v) is 9.76. The fraction of sp³-hybridized carbons (Fsp3) is 0.250. The van der Waals surface area contributed by atoms with Crippen molar-refractivity contribution in [2.24, 2.45) is 5.16 Å². The maximum Gasteiger partial charge on any atom is 0.144 e. The Labute approximate surface area is 178 Å². The number of hydrogen-bond acceptors (Lipinski definition) is 5. The van der Waals surface area contributed by atoms with Gasteiger partial charge in [-0.05, 0) is 35.9 Å². The maximum atomic E-state index is 9.96. The molecule has 2 aromatic carbocycles. The van der Waals surface area contributed by atoms with Crippen molar-refractivity contribution < 1.29 is 14.7 Å². The quantitative estimate of drug-likeness (QED) is 0.468. The first kappa shape index (κ1) is 21.0. The van der Waals surface area contributed by atoms with Crippen molar-refractivity contribution in [1.29, 1.82) is 0 Å². The third-order valence-electron chi connectivity index (χ3n) is 4.02. The van der Waals surface area contributed by atoms with E-state index in [0.717, 1.165) is 5.56 Å². The molecule has 0 bridgehead atoms. The molecule has 0 spiro atoms. The summed E-state index contributed by atoms with van der Waals surface area (Å²) < 4.78 is 5.63. The van der Waals surface area contributed by atoms with E-state index in [1.807, 2.05) is 24.3 Å². The molecule has 8 heteroatoms. The molecule has 0 amide bonds. The van der Waals surface area contributed by atoms with Gasteiger partial charge in [-0.2, -0.15) is 0 Å². The van der Waals surface area contributed by atoms with Crippen molar-refractivity contribution >= 4 is 46.0 Å². The Morgan fingerprint density at radius 1 is 1.14 bits per heavy atom. The Hall–Kier alpha value is -1.76. The van der Waals surface area contributed by atoms with Crippen LogP contribution >= 0.6 is 34.8 Å². The largest absolute Gasteiger partial charge is 0.488 e. The number of aliphatic hydroxyl groups excluding tert-OH is 1. The van der Waals surface area contributed by atoms with E-state index in [9.17, 15) is 5.11 Å². The van der Waals surface area contributed by atoms with E-state index >= 15 is 0 Å². The van der Waals surface area contributed by atoms with Gasteiger partial charge in [-0.1, -0.05) is 52.1 Å². The molecule has 1 aliphatic heterocycles. The number of rotatable bonds is 8. The normalized spacial score (nSPS) is 14.7. The highest BCUT2D eigenvalue weighted by atomic mass is 35.5. The molecule has 28 heavy (non-hydrogen) atoms. The zero-order chi connectivity index (χ0) is 19.9. The molecular weight excluding hydrogens is 423 g/mol. The van der Waals surface area contributed by atoms with E-state index in [2.05, 4.69) is 10.5 Å². The second kappa shape index (κ2) is 10.1. The monoisotopic (exact) mass is 440 g/mol. The summed E-state index contributed by atoms with van der Waals surface area (Å²) in [6, 6.07) is 12.8. The van der Waals surface area contributed by atoms with Crippen molar-refractivity contribution in [3.8, 4) is 5.75 Å². The molecule has 0 saturated carbocycles. The van der Waals surface area contributed by atoms with Crippen molar-refractivity contribution in [3.05, 3.63) is 69.2 Å². The molecule has 0 aliphatic carbocycles. The lowest BCUT2D eigenvalue weighted by Crippen LogP contribution is -2.29. The van der Waals surface area contributed by atoms with Crippen molar-refractivity contribution in [2.75, 3.05) is 19.8 Å². The first-order chi connectivity index (χ1) is 13.5. The van der Waals surface area contributed by atoms with Crippen molar-refractivity contribution in [3.63, 3.8) is 0 Å². The van der Waals surface area contributed by atoms with Gasteiger partial charge in [0.25, 0.3) is 0 Å². The molecule has 5 nitrogen and oxygen atoms in total. The van der Waals surface area contributed by atoms with Crippen LogP contribution in [0.3, 0.4) is 0 Å². The SMILES string of the molecule is OC(CNCc1ccc(Cl)cc1)CO/N=C/C1=C(Cl)c2cc(Cl)ccc2OC1. The molecule has 0 aromatic heterocycles. The van der Waals surface area contributed by atoms with E-state index in [-0.39, 0.29) is 13.2 Å². The summed E-state index contributed by atoms with van der Waals surface area (Å²) in [5.74, 6) is 0.676. The van der Waals surface area contributed by atoms with Gasteiger partial charge >= 0.3 is 0 Å². The lowest BCUT2D eigenvalue weighted by Gasteiger charge is -2.18. The molecule has 1 unspecified atom stereocenters. The van der Waals surface area contributed by atoms with Gasteiger partial charge < -0.3 is 20.0 Å². The second-order valence-electron chi connectivity index (χ2n) is 6.21. The third-order valence-corrected chi connectivity index (χ3v) is 4.95. The number of hydrogen-bond donors (Lipinski definition) is 2. The predicted molar refractivity (Wildman–Crippen MR) is 113 cm³/mol. The number of benzene rings is 2. The van der Waals surface area contributed by atoms with Crippen LogP contribution in [0.1, 0.15) is 11.1 Å². The maximum absolute atomic E-state index is 9.96. The Morgan fingerprint density at radius 2 is 1.89 bits per heavy atom. The molecule has 0 fully saturated rings. The first-order valence-electron chi connectivity index (χ1n) is 8.63. The Balaban J connectivity index is 1.43. The zero-order valence-electron chi connectivity index (χ0n) is 14.9. The minimum Gasteiger partial charge on any atom is -0.488 e. The van der Waals surface area contributed by atoms with Gasteiger partial charge in [0.15, 0.2) is 0 Å². The Bertz CT molecular complexity index is 869. The van der Waals surface area contributed by atoms with E-state index in [1.54, 1.807) is 18.2 Å². The van der Waals surface area contributed by atoms with Crippen LogP contribution in [0, 0.1) is 0 Å². The lowest BCUT2D eigenvalue weighted by atomic mass is 10.1. The molecule has 1 aliphatic rings. The van der Waals surface area contributed by atoms with Gasteiger partial charge in [-0.25, -0.2) is 0 Å². The van der Waals surface area contributed by atoms with E-state index in [0.29, 0.717) is 45.1 Å². The van der Waals surface area contributed by atoms with Crippen LogP contribution in [0.5, 0.6) is 5.75 Å². The van der Waals surface area contributed by atoms with Gasteiger partial charge in [-0.15, -0.1) is 0 Å². The lowest BCUT2D eigenvalue weighted by molar-refractivity contribution is 0.0408. The minimum atomic E-state index is -0.698. The number of halogens is 3. The summed E-state index contributed by atoms with van der Waals surface area (Å²) >= 11 is 18.2. The average Bonchev–Trinajstić information content (AvgIpc) is 2.69. The van der Waals surface area contributed by atoms with Gasteiger partial charge in [0.05, 0.1) is 11.2 Å². The summed E-state index contributed by atoms with van der Waals surface area (Å²) in [7, 11) is 0. The highest BCUT2D eigenvalue weighted by Gasteiger charge is 2.18. The second-order valence-corrected chi connectivity index (χ2v) is 7.46. The van der Waals surface area contributed by atoms with Crippen LogP contribution in [0.25, 0.3) is 5.03 Å². The number of oxime groups is 1. The molecule has 0 saturated heterocycles. The van der Waals surface area contributed by atoms with E-state index in [4.69, 9.17) is 44.4 Å². The highest BCUT2D eigenvalue weighted by Crippen LogP contribution is 2.36. The number of fused-ring (bicyclic) bond motifs is 1. The van der Waals surface area contributed by atoms with Crippen LogP contribution in [-0.2, 0) is 11.4 Å². The summed E-state index contributed by atoms with van der Waals surface area (Å²) in [5.41, 5.74) is 2.47. The fourth-order valence-electron chi connectivity index (χ4n) is 2.56. The van der Waals surface area contributed by atoms with Crippen LogP contribution in [-0.4, -0.2) is 37.2 Å². The van der Waals surface area contributed by atoms with Gasteiger partial charge in [0, 0.05) is 34.3 Å². The fourth-order valence-corrected chi connectivity index (χ4v) is 3.11. The van der Waals surface area contributed by atoms with Crippen LogP contribution in [0.4, 0.5) is 0 Å². The summed E-state index contributed by atoms with van der Waals surface area (Å²) in [5, 5.41) is 18.8. The smallest absolute Gasteiger partial charge is 0.144 e. The molecular formula is C20H19Cl3N2O3. The molecule has 1 atom stereocenters. The van der Waals surface area contributed by atoms with E-state index in [1.165, 1.54) is 6.21 Å². The minimum absolute atomic E-state index is 0.0539. The highest BCUT2D eigenvalue weighted by molar-refractivity contribution is 6.51. The van der Waals surface area contributed by atoms with E-state index < -0.39 is 6.10 Å². The summed E-state index contributed by atoms with van der Waals surface area (Å²) in [4.78, 5) is 5.16. The van der Waals surface area contributed by atoms with Crippen molar-refractivity contribution in [2.45, 2.75) is 12.6 Å². The van der Waals surface area contributed by atoms with Gasteiger partial charge in [0.2, 0.25) is 0 Å². The standard InChI is InChI=1S/C20H19Cl3N2O3/c21-15-3-1-13(2-4-15)8-24-10-17(26)12-28-25-9-14-11-27-19-6-5-16(22)7-18(19)20(14)23/h1-7,9,17,24,26H,8,10-12H2/b25-9+. The molecule has 148 valence electrons. The Morgan fingerprint density at radius 3 is 2.68 bits per heavy atom. The number of nitrogens with one attached hydrogen (secondary N) is 1. The summed E-state index contributed by atoms with van der Waals surface area (Å²) in [6.45, 7) is 1.33. The number of aliphatic hydroxyl groups is 1. The third kappa shape index (κ3) is 5.87. The predicted octanol–water partition coefficient (Wildman–Crippen LogP) is 4.49. The van der Waals surface area contributed by atoms with Gasteiger partial charge in [0.1, 0.15) is 25.1 Å². The average molecular weight is 442 g/mol. The molecule has 1 heterocycles. The van der Waals surface area contributed by atoms with Crippen LogP contribution in [0.15, 0.2) is 53.2 Å². The number of nitrogens with zero attached hydrogens (tertiary/aromatic N) is 1. The topological polar surface area (TPSA) is 63.1 Å². The van der Waals surface area contributed by atoms with Crippen LogP contribution < -0.4 is 10.1 Å². The molecule has 0 radical (unpaired) electrons. The zero-order valence-corrected chi connectivity index (χ0v) is 17.1. The Kier molecular flexibility index (Phi) is 7.59. The molecule has 3 rings (SSSR count). The van der Waals surface area contributed by atoms with Gasteiger partial charge in [-0.3, -0.25) is 0 Å². The summed E-state index contributed by atoms with van der Waals surface area (Å²) in [6.07, 6.45) is 0.788. The van der Waals surface area contributed by atoms with Crippen LogP contribution in [0.2, 0.25) is 10.0 Å². The molecule has 2 aromatic rings. The molecule has 2 N–H and O–H groups in total. The van der Waals surface area contributed by atoms with Crippen molar-refractivity contribution in [1.82, 2.24) is 5.32 Å². The number of ether oxygens (including phenoxy) is 1.